The normalized spacial score (nSPS) is 16.5. The summed E-state index contributed by atoms with van der Waals surface area (Å²) >= 11 is 0. The number of amides is 2. The zero-order valence-corrected chi connectivity index (χ0v) is 20.5. The summed E-state index contributed by atoms with van der Waals surface area (Å²) < 4.78 is 36.6. The van der Waals surface area contributed by atoms with E-state index in [2.05, 4.69) is 10.6 Å². The first-order valence-electron chi connectivity index (χ1n) is 11.3. The number of rotatable bonds is 9. The summed E-state index contributed by atoms with van der Waals surface area (Å²) in [6, 6.07) is 12.0. The molecule has 2 aromatic carbocycles. The van der Waals surface area contributed by atoms with Crippen LogP contribution in [0.4, 0.5) is 11.4 Å². The van der Waals surface area contributed by atoms with Crippen molar-refractivity contribution in [2.75, 3.05) is 43.2 Å². The maximum atomic E-state index is 13.0. The average Bonchev–Trinajstić information content (AvgIpc) is 2.82. The molecule has 9 nitrogen and oxygen atoms in total. The fraction of sp³-hybridized carbons (Fsp3) is 0.417. The van der Waals surface area contributed by atoms with E-state index in [1.54, 1.807) is 36.4 Å². The maximum Gasteiger partial charge on any atom is 0.255 e. The lowest BCUT2D eigenvalue weighted by molar-refractivity contribution is -0.120. The van der Waals surface area contributed by atoms with Crippen LogP contribution in [0, 0.1) is 5.92 Å². The average molecular weight is 490 g/mol. The van der Waals surface area contributed by atoms with Crippen molar-refractivity contribution in [2.45, 2.75) is 26.7 Å². The highest BCUT2D eigenvalue weighted by Crippen LogP contribution is 2.37. The summed E-state index contributed by atoms with van der Waals surface area (Å²) in [4.78, 5) is 25.7. The largest absolute Gasteiger partial charge is 0.492 e. The number of nitrogens with one attached hydrogen (secondary N) is 2. The molecule has 0 aromatic heterocycles. The minimum absolute atomic E-state index is 0.137. The molecule has 184 valence electrons. The first kappa shape index (κ1) is 25.5. The van der Waals surface area contributed by atoms with Crippen LogP contribution < -0.4 is 20.1 Å². The van der Waals surface area contributed by atoms with Gasteiger partial charge in [-0.25, -0.2) is 12.7 Å². The van der Waals surface area contributed by atoms with Gasteiger partial charge in [-0.05, 0) is 38.8 Å². The molecule has 1 aliphatic heterocycles. The van der Waals surface area contributed by atoms with E-state index >= 15 is 0 Å². The van der Waals surface area contributed by atoms with E-state index in [0.717, 1.165) is 6.26 Å². The molecule has 2 aromatic rings. The van der Waals surface area contributed by atoms with Crippen molar-refractivity contribution in [1.82, 2.24) is 4.31 Å². The zero-order valence-electron chi connectivity index (χ0n) is 19.7. The molecule has 2 N–H and O–H groups in total. The van der Waals surface area contributed by atoms with E-state index in [-0.39, 0.29) is 18.4 Å². The minimum atomic E-state index is -3.37. The summed E-state index contributed by atoms with van der Waals surface area (Å²) in [6.45, 7) is 4.87. The van der Waals surface area contributed by atoms with E-state index in [9.17, 15) is 18.0 Å². The molecule has 34 heavy (non-hydrogen) atoms. The Morgan fingerprint density at radius 3 is 2.15 bits per heavy atom. The molecule has 10 heteroatoms. The Labute approximate surface area is 200 Å². The Balaban J connectivity index is 1.85. The number of anilines is 2. The first-order chi connectivity index (χ1) is 16.2. The van der Waals surface area contributed by atoms with Crippen molar-refractivity contribution in [2.24, 2.45) is 5.92 Å². The third-order valence-corrected chi connectivity index (χ3v) is 6.72. The summed E-state index contributed by atoms with van der Waals surface area (Å²) in [7, 11) is -3.37. The highest BCUT2D eigenvalue weighted by Gasteiger charge is 2.31. The molecule has 1 unspecified atom stereocenters. The second-order valence-corrected chi connectivity index (χ2v) is 9.96. The number of benzene rings is 2. The number of hydrogen-bond acceptors (Lipinski definition) is 6. The zero-order chi connectivity index (χ0) is 24.7. The predicted octanol–water partition coefficient (Wildman–Crippen LogP) is 3.35. The van der Waals surface area contributed by atoms with E-state index < -0.39 is 15.9 Å². The number of ether oxygens (including phenoxy) is 2. The van der Waals surface area contributed by atoms with Gasteiger partial charge in [0.05, 0.1) is 36.8 Å². The Morgan fingerprint density at radius 1 is 1.00 bits per heavy atom. The molecule has 0 bridgehead atoms. The number of carbonyl (C=O) groups excluding carboxylic acids is 2. The second-order valence-electron chi connectivity index (χ2n) is 7.98. The lowest BCUT2D eigenvalue weighted by Gasteiger charge is -2.30. The van der Waals surface area contributed by atoms with Crippen molar-refractivity contribution in [3.05, 3.63) is 48.0 Å². The van der Waals surface area contributed by atoms with Crippen LogP contribution in [0.15, 0.2) is 42.5 Å². The monoisotopic (exact) mass is 489 g/mol. The molecular formula is C24H31N3O6S. The second kappa shape index (κ2) is 11.3. The maximum absolute atomic E-state index is 13.0. The van der Waals surface area contributed by atoms with Crippen LogP contribution in [0.2, 0.25) is 0 Å². The van der Waals surface area contributed by atoms with Crippen molar-refractivity contribution in [3.8, 4) is 11.5 Å². The standard InChI is InChI=1S/C24H31N3O6S/c1-4-32-21-15-20(26-24(29)18-12-9-13-27(16-18)34(3,30)31)22(33-5-2)14-19(21)25-23(28)17-10-7-6-8-11-17/h6-8,10-11,14-15,18H,4-5,9,12-13,16H2,1-3H3,(H,25,28)(H,26,29). The SMILES string of the molecule is CCOc1cc(NC(=O)C2CCCN(S(C)(=O)=O)C2)c(OCC)cc1NC(=O)c1ccccc1. The molecule has 3 rings (SSSR count). The fourth-order valence-corrected chi connectivity index (χ4v) is 4.69. The topological polar surface area (TPSA) is 114 Å². The van der Waals surface area contributed by atoms with Gasteiger partial charge >= 0.3 is 0 Å². The van der Waals surface area contributed by atoms with Gasteiger partial charge in [0.2, 0.25) is 15.9 Å². The Morgan fingerprint density at radius 2 is 1.59 bits per heavy atom. The predicted molar refractivity (Wildman–Crippen MR) is 131 cm³/mol. The van der Waals surface area contributed by atoms with Crippen LogP contribution in [0.25, 0.3) is 0 Å². The summed E-state index contributed by atoms with van der Waals surface area (Å²) in [5.41, 5.74) is 1.30. The third kappa shape index (κ3) is 6.48. The number of carbonyl (C=O) groups is 2. The lowest BCUT2D eigenvalue weighted by Crippen LogP contribution is -2.43. The molecule has 1 aliphatic rings. The number of nitrogens with zero attached hydrogens (tertiary/aromatic N) is 1. The molecule has 1 atom stereocenters. The molecule has 0 radical (unpaired) electrons. The molecule has 0 spiro atoms. The lowest BCUT2D eigenvalue weighted by atomic mass is 9.98. The Bertz CT molecular complexity index is 1120. The smallest absolute Gasteiger partial charge is 0.255 e. The van der Waals surface area contributed by atoms with Crippen molar-refractivity contribution in [1.29, 1.82) is 0 Å². The molecule has 2 amide bonds. The van der Waals surface area contributed by atoms with Gasteiger partial charge in [-0.15, -0.1) is 0 Å². The summed E-state index contributed by atoms with van der Waals surface area (Å²) in [5.74, 6) is -0.321. The third-order valence-electron chi connectivity index (χ3n) is 5.45. The van der Waals surface area contributed by atoms with Crippen LogP contribution >= 0.6 is 0 Å². The number of sulfonamides is 1. The highest BCUT2D eigenvalue weighted by molar-refractivity contribution is 7.88. The fourth-order valence-electron chi connectivity index (χ4n) is 3.78. The minimum Gasteiger partial charge on any atom is -0.492 e. The Hall–Kier alpha value is -3.11. The van der Waals surface area contributed by atoms with Gasteiger partial charge in [-0.3, -0.25) is 9.59 Å². The summed E-state index contributed by atoms with van der Waals surface area (Å²) in [5, 5.41) is 5.72. The molecule has 1 saturated heterocycles. The quantitative estimate of drug-likeness (QED) is 0.558. The van der Waals surface area contributed by atoms with E-state index in [4.69, 9.17) is 9.47 Å². The van der Waals surface area contributed by atoms with Crippen molar-refractivity contribution in [3.63, 3.8) is 0 Å². The molecule has 0 saturated carbocycles. The van der Waals surface area contributed by atoms with Gasteiger partial charge in [0.1, 0.15) is 11.5 Å². The van der Waals surface area contributed by atoms with Gasteiger partial charge in [0.25, 0.3) is 5.91 Å². The van der Waals surface area contributed by atoms with Gasteiger partial charge in [-0.1, -0.05) is 18.2 Å². The van der Waals surface area contributed by atoms with Crippen LogP contribution in [-0.2, 0) is 14.8 Å². The molecule has 1 heterocycles. The van der Waals surface area contributed by atoms with Gasteiger partial charge in [-0.2, -0.15) is 0 Å². The summed E-state index contributed by atoms with van der Waals surface area (Å²) in [6.07, 6.45) is 2.35. The van der Waals surface area contributed by atoms with Gasteiger partial charge in [0, 0.05) is 30.8 Å². The van der Waals surface area contributed by atoms with Crippen LogP contribution in [0.1, 0.15) is 37.0 Å². The highest BCUT2D eigenvalue weighted by atomic mass is 32.2. The van der Waals surface area contributed by atoms with E-state index in [1.807, 2.05) is 19.9 Å². The van der Waals surface area contributed by atoms with E-state index in [1.165, 1.54) is 4.31 Å². The molecule has 1 fully saturated rings. The van der Waals surface area contributed by atoms with Crippen LogP contribution in [-0.4, -0.2) is 57.1 Å². The molecular weight excluding hydrogens is 458 g/mol. The van der Waals surface area contributed by atoms with Crippen molar-refractivity contribution >= 4 is 33.2 Å². The van der Waals surface area contributed by atoms with Gasteiger partial charge in [0.15, 0.2) is 0 Å². The van der Waals surface area contributed by atoms with Gasteiger partial charge < -0.3 is 20.1 Å². The number of piperidine rings is 1. The number of hydrogen-bond donors (Lipinski definition) is 2. The Kier molecular flexibility index (Phi) is 8.51. The van der Waals surface area contributed by atoms with Crippen LogP contribution in [0.3, 0.4) is 0 Å². The van der Waals surface area contributed by atoms with Crippen LogP contribution in [0.5, 0.6) is 11.5 Å². The van der Waals surface area contributed by atoms with Crippen molar-refractivity contribution < 1.29 is 27.5 Å². The van der Waals surface area contributed by atoms with E-state index in [0.29, 0.717) is 61.0 Å². The molecule has 0 aliphatic carbocycles. The first-order valence-corrected chi connectivity index (χ1v) is 13.1.